The quantitative estimate of drug-likeness (QED) is 0.318. The topological polar surface area (TPSA) is 139 Å². The molecule has 0 radical (unpaired) electrons. The average molecular weight is 374 g/mol. The van der Waals surface area contributed by atoms with Crippen LogP contribution in [0.5, 0.6) is 0 Å². The van der Waals surface area contributed by atoms with Crippen molar-refractivity contribution in [1.82, 2.24) is 5.32 Å². The van der Waals surface area contributed by atoms with Crippen molar-refractivity contribution in [3.63, 3.8) is 0 Å². The van der Waals surface area contributed by atoms with Crippen molar-refractivity contribution in [3.05, 3.63) is 0 Å². The molecule has 0 saturated carbocycles. The monoisotopic (exact) mass is 374 g/mol. The molecule has 24 heavy (non-hydrogen) atoms. The van der Waals surface area contributed by atoms with Crippen LogP contribution >= 0.6 is 7.60 Å². The fourth-order valence-electron chi connectivity index (χ4n) is 1.83. The first-order valence-electron chi connectivity index (χ1n) is 7.45. The second-order valence-electron chi connectivity index (χ2n) is 5.83. The average Bonchev–Trinajstić information content (AvgIpc) is 2.41. The first-order chi connectivity index (χ1) is 10.8. The van der Waals surface area contributed by atoms with E-state index < -0.39 is 43.2 Å². The molecule has 0 aromatic rings. The van der Waals surface area contributed by atoms with Gasteiger partial charge in [-0.1, -0.05) is 13.8 Å². The number of unbranched alkanes of at least 4 members (excludes halogenated alkanes) is 1. The number of rotatable bonds is 11. The molecule has 1 amide bonds. The van der Waals surface area contributed by atoms with Gasteiger partial charge < -0.3 is 21.1 Å². The largest absolute Gasteiger partial charge is 0.479 e. The summed E-state index contributed by atoms with van der Waals surface area (Å²) in [6.45, 7) is 3.49. The summed E-state index contributed by atoms with van der Waals surface area (Å²) in [4.78, 5) is 32.5. The number of hydrogen-bond donors (Lipinski definition) is 4. The number of aliphatic carboxylic acids is 1. The van der Waals surface area contributed by atoms with Gasteiger partial charge in [-0.25, -0.2) is 4.79 Å². The zero-order chi connectivity index (χ0) is 19.1. The molecule has 0 aliphatic heterocycles. The van der Waals surface area contributed by atoms with Gasteiger partial charge in [0.05, 0.1) is 0 Å². The first-order valence-corrected chi connectivity index (χ1v) is 9.10. The molecule has 0 aromatic carbocycles. The Bertz CT molecular complexity index is 484. The summed E-state index contributed by atoms with van der Waals surface area (Å²) in [6.07, 6.45) is -0.832. The molecule has 11 heteroatoms. The molecule has 0 spiro atoms. The van der Waals surface area contributed by atoms with Crippen LogP contribution in [0.3, 0.4) is 0 Å². The maximum Gasteiger partial charge on any atom is 0.351 e. The molecule has 142 valence electrons. The smallest absolute Gasteiger partial charge is 0.351 e. The van der Waals surface area contributed by atoms with Crippen LogP contribution < -0.4 is 11.1 Å². The molecule has 0 fully saturated rings. The lowest BCUT2D eigenvalue weighted by Crippen LogP contribution is -2.46. The molecular weight excluding hydrogens is 349 g/mol. The van der Waals surface area contributed by atoms with Gasteiger partial charge in [-0.05, 0) is 31.7 Å². The second kappa shape index (κ2) is 9.41. The Morgan fingerprint density at radius 1 is 1.33 bits per heavy atom. The van der Waals surface area contributed by atoms with Gasteiger partial charge in [0, 0.05) is 6.92 Å². The number of carboxylic acids is 1. The lowest BCUT2D eigenvalue weighted by Gasteiger charge is -2.29. The zero-order valence-corrected chi connectivity index (χ0v) is 14.8. The molecule has 0 aromatic heterocycles. The van der Waals surface area contributed by atoms with Crippen LogP contribution in [0.25, 0.3) is 0 Å². The van der Waals surface area contributed by atoms with Gasteiger partial charge in [0.1, 0.15) is 5.78 Å². The number of hydrogen-bond acceptors (Lipinski definition) is 5. The number of nitrogens with two attached hydrogens (primary N) is 1. The predicted octanol–water partition coefficient (Wildman–Crippen LogP) is 1.52. The van der Waals surface area contributed by atoms with Crippen molar-refractivity contribution in [1.29, 1.82) is 0 Å². The van der Waals surface area contributed by atoms with Crippen LogP contribution in [-0.4, -0.2) is 46.2 Å². The fourth-order valence-corrected chi connectivity index (χ4v) is 3.55. The Balaban J connectivity index is 5.19. The molecule has 8 nitrogen and oxygen atoms in total. The van der Waals surface area contributed by atoms with Crippen LogP contribution in [0.2, 0.25) is 0 Å². The third-order valence-electron chi connectivity index (χ3n) is 3.13. The van der Waals surface area contributed by atoms with E-state index in [0.717, 1.165) is 0 Å². The van der Waals surface area contributed by atoms with Gasteiger partial charge in [0.2, 0.25) is 0 Å². The highest BCUT2D eigenvalue weighted by molar-refractivity contribution is 7.53. The van der Waals surface area contributed by atoms with E-state index in [-0.39, 0.29) is 6.42 Å². The van der Waals surface area contributed by atoms with Gasteiger partial charge in [-0.15, -0.1) is 0 Å². The summed E-state index contributed by atoms with van der Waals surface area (Å²) in [5, 5.41) is 10.8. The molecule has 0 bridgehead atoms. The van der Waals surface area contributed by atoms with Crippen LogP contribution in [-0.2, 0) is 18.7 Å². The molecule has 5 N–H and O–H groups in total. The van der Waals surface area contributed by atoms with Crippen LogP contribution in [0.4, 0.5) is 8.78 Å². The van der Waals surface area contributed by atoms with Crippen LogP contribution in [0.15, 0.2) is 0 Å². The number of carbonyl (C=O) groups is 2. The van der Waals surface area contributed by atoms with Crippen LogP contribution in [0.1, 0.15) is 40.0 Å². The third kappa shape index (κ3) is 7.65. The fraction of sp³-hybridized carbons (Fsp3) is 0.846. The SMILES string of the molecule is CC(C)C(NC(=O)C(C)(F)F)P(=O)(O)OC(CCCCN)C(=O)O. The highest BCUT2D eigenvalue weighted by Crippen LogP contribution is 2.51. The summed E-state index contributed by atoms with van der Waals surface area (Å²) >= 11 is 0. The maximum atomic E-state index is 13.0. The van der Waals surface area contributed by atoms with Crippen molar-refractivity contribution in [3.8, 4) is 0 Å². The van der Waals surface area contributed by atoms with Gasteiger partial charge >= 0.3 is 19.5 Å². The molecule has 0 aliphatic rings. The third-order valence-corrected chi connectivity index (χ3v) is 5.12. The van der Waals surface area contributed by atoms with E-state index in [1.54, 1.807) is 5.32 Å². The predicted molar refractivity (Wildman–Crippen MR) is 82.6 cm³/mol. The zero-order valence-electron chi connectivity index (χ0n) is 13.9. The minimum Gasteiger partial charge on any atom is -0.479 e. The van der Waals surface area contributed by atoms with E-state index in [1.165, 1.54) is 13.8 Å². The standard InChI is InChI=1S/C13H25F2N2O6P/c1-8(2)10(17-12(20)13(3,14)15)24(21,22)23-9(11(18)19)6-4-5-7-16/h8-10H,4-7,16H2,1-3H3,(H,17,20)(H,18,19)(H,21,22). The lowest BCUT2D eigenvalue weighted by atomic mass is 10.1. The van der Waals surface area contributed by atoms with E-state index in [1.807, 2.05) is 0 Å². The Hall–Kier alpha value is -1.09. The number of amides is 1. The van der Waals surface area contributed by atoms with Crippen molar-refractivity contribution < 1.29 is 37.5 Å². The summed E-state index contributed by atoms with van der Waals surface area (Å²) in [5.41, 5.74) is 5.29. The van der Waals surface area contributed by atoms with Crippen LogP contribution in [0, 0.1) is 5.92 Å². The van der Waals surface area contributed by atoms with E-state index in [9.17, 15) is 27.8 Å². The molecule has 0 aliphatic carbocycles. The van der Waals surface area contributed by atoms with Gasteiger partial charge in [0.15, 0.2) is 6.10 Å². The van der Waals surface area contributed by atoms with Crippen molar-refractivity contribution >= 4 is 19.5 Å². The highest BCUT2D eigenvalue weighted by atomic mass is 31.2. The minimum atomic E-state index is -4.72. The van der Waals surface area contributed by atoms with Gasteiger partial charge in [-0.2, -0.15) is 8.78 Å². The van der Waals surface area contributed by atoms with Gasteiger partial charge in [0.25, 0.3) is 5.91 Å². The Morgan fingerprint density at radius 2 is 1.88 bits per heavy atom. The molecule has 3 atom stereocenters. The Kier molecular flexibility index (Phi) is 8.98. The van der Waals surface area contributed by atoms with E-state index in [0.29, 0.717) is 26.3 Å². The molecule has 0 rings (SSSR count). The molecule has 3 unspecified atom stereocenters. The highest BCUT2D eigenvalue weighted by Gasteiger charge is 2.43. The summed E-state index contributed by atoms with van der Waals surface area (Å²) in [5.74, 6) is -9.36. The summed E-state index contributed by atoms with van der Waals surface area (Å²) in [6, 6.07) is 0. The number of nitrogens with one attached hydrogen (secondary N) is 1. The van der Waals surface area contributed by atoms with Crippen molar-refractivity contribution in [2.24, 2.45) is 11.7 Å². The van der Waals surface area contributed by atoms with Crippen molar-refractivity contribution in [2.75, 3.05) is 6.54 Å². The van der Waals surface area contributed by atoms with Crippen molar-refractivity contribution in [2.45, 2.75) is 57.8 Å². The Morgan fingerprint density at radius 3 is 2.25 bits per heavy atom. The summed E-state index contributed by atoms with van der Waals surface area (Å²) in [7, 11) is -4.72. The summed E-state index contributed by atoms with van der Waals surface area (Å²) < 4.78 is 43.1. The molecule has 0 saturated heterocycles. The van der Waals surface area contributed by atoms with Gasteiger partial charge in [-0.3, -0.25) is 13.9 Å². The van der Waals surface area contributed by atoms with E-state index in [4.69, 9.17) is 15.4 Å². The molecule has 0 heterocycles. The van der Waals surface area contributed by atoms with E-state index in [2.05, 4.69) is 0 Å². The normalized spacial score (nSPS) is 17.2. The minimum absolute atomic E-state index is 0.0697. The number of alkyl halides is 2. The molecular formula is C13H25F2N2O6P. The first kappa shape index (κ1) is 22.9. The second-order valence-corrected chi connectivity index (χ2v) is 7.73. The van der Waals surface area contributed by atoms with E-state index >= 15 is 0 Å². The maximum absolute atomic E-state index is 13.0. The number of carbonyl (C=O) groups excluding carboxylic acids is 1. The Labute approximate surface area is 139 Å². The number of halogens is 2. The lowest BCUT2D eigenvalue weighted by molar-refractivity contribution is -0.146. The number of carboxylic acid groups (broad SMARTS) is 1.